The van der Waals surface area contributed by atoms with E-state index in [4.69, 9.17) is 21.1 Å². The molecule has 2 aromatic carbocycles. The molecular formula is C19H18ClN3O5. The van der Waals surface area contributed by atoms with Crippen molar-refractivity contribution in [2.75, 3.05) is 19.1 Å². The first-order chi connectivity index (χ1) is 13.4. The molecule has 28 heavy (non-hydrogen) atoms. The molecule has 0 spiro atoms. The number of nitrogens with zero attached hydrogens (tertiary/aromatic N) is 1. The number of carbonyl (C=O) groups excluding carboxylic acids is 3. The predicted octanol–water partition coefficient (Wildman–Crippen LogP) is 1.92. The molecule has 1 aliphatic heterocycles. The first kappa shape index (κ1) is 19.7. The first-order valence-corrected chi connectivity index (χ1v) is 8.72. The molecule has 1 atom stereocenters. The van der Waals surface area contributed by atoms with E-state index in [1.165, 1.54) is 32.4 Å². The van der Waals surface area contributed by atoms with Gasteiger partial charge in [0.25, 0.3) is 11.8 Å². The average Bonchev–Trinajstić information content (AvgIpc) is 2.98. The van der Waals surface area contributed by atoms with Crippen LogP contribution in [0.25, 0.3) is 0 Å². The van der Waals surface area contributed by atoms with E-state index in [-0.39, 0.29) is 17.9 Å². The summed E-state index contributed by atoms with van der Waals surface area (Å²) < 4.78 is 10.3. The van der Waals surface area contributed by atoms with Gasteiger partial charge in [-0.2, -0.15) is 0 Å². The van der Waals surface area contributed by atoms with E-state index < -0.39 is 17.9 Å². The minimum Gasteiger partial charge on any atom is -0.497 e. The minimum atomic E-state index is -0.886. The lowest BCUT2D eigenvalue weighted by atomic mass is 10.2. The Kier molecular flexibility index (Phi) is 5.81. The highest BCUT2D eigenvalue weighted by molar-refractivity contribution is 6.31. The molecule has 0 aromatic heterocycles. The lowest BCUT2D eigenvalue weighted by molar-refractivity contribution is -0.121. The van der Waals surface area contributed by atoms with Crippen molar-refractivity contribution >= 4 is 35.0 Å². The van der Waals surface area contributed by atoms with Gasteiger partial charge in [0.2, 0.25) is 5.91 Å². The summed E-state index contributed by atoms with van der Waals surface area (Å²) in [7, 11) is 2.95. The molecule has 0 bridgehead atoms. The Hall–Kier alpha value is -3.10. The predicted molar refractivity (Wildman–Crippen MR) is 102 cm³/mol. The fourth-order valence-corrected chi connectivity index (χ4v) is 2.98. The van der Waals surface area contributed by atoms with Crippen LogP contribution in [0.15, 0.2) is 42.5 Å². The number of anilines is 1. The Morgan fingerprint density at radius 3 is 2.39 bits per heavy atom. The zero-order chi connectivity index (χ0) is 20.3. The van der Waals surface area contributed by atoms with E-state index in [2.05, 4.69) is 10.9 Å². The van der Waals surface area contributed by atoms with Gasteiger partial charge in [-0.25, -0.2) is 10.3 Å². The van der Waals surface area contributed by atoms with E-state index in [9.17, 15) is 14.4 Å². The van der Waals surface area contributed by atoms with Crippen LogP contribution in [0.2, 0.25) is 5.02 Å². The van der Waals surface area contributed by atoms with Gasteiger partial charge < -0.3 is 9.47 Å². The molecule has 0 radical (unpaired) electrons. The zero-order valence-corrected chi connectivity index (χ0v) is 15.9. The summed E-state index contributed by atoms with van der Waals surface area (Å²) in [5.74, 6) is -0.469. The highest BCUT2D eigenvalue weighted by Gasteiger charge is 2.39. The molecular weight excluding hydrogens is 386 g/mol. The van der Waals surface area contributed by atoms with Crippen LogP contribution in [0, 0.1) is 0 Å². The number of hydrogen-bond donors (Lipinski definition) is 2. The quantitative estimate of drug-likeness (QED) is 0.565. The van der Waals surface area contributed by atoms with Crippen LogP contribution in [0.5, 0.6) is 11.5 Å². The van der Waals surface area contributed by atoms with Gasteiger partial charge in [0, 0.05) is 16.7 Å². The normalized spacial score (nSPS) is 16.2. The van der Waals surface area contributed by atoms with Crippen molar-refractivity contribution in [1.29, 1.82) is 0 Å². The summed E-state index contributed by atoms with van der Waals surface area (Å²) in [6.45, 7) is 0. The monoisotopic (exact) mass is 403 g/mol. The molecule has 3 rings (SSSR count). The third-order valence-electron chi connectivity index (χ3n) is 4.19. The van der Waals surface area contributed by atoms with Crippen molar-refractivity contribution in [3.8, 4) is 11.5 Å². The highest BCUT2D eigenvalue weighted by Crippen LogP contribution is 2.25. The molecule has 146 valence electrons. The number of carbonyl (C=O) groups is 3. The van der Waals surface area contributed by atoms with Gasteiger partial charge in [0.1, 0.15) is 17.5 Å². The molecule has 1 aliphatic rings. The Morgan fingerprint density at radius 1 is 1.11 bits per heavy atom. The highest BCUT2D eigenvalue weighted by atomic mass is 35.5. The van der Waals surface area contributed by atoms with Crippen molar-refractivity contribution in [2.45, 2.75) is 12.5 Å². The van der Waals surface area contributed by atoms with Crippen LogP contribution in [-0.2, 0) is 9.59 Å². The zero-order valence-electron chi connectivity index (χ0n) is 15.2. The molecule has 1 fully saturated rings. The summed E-state index contributed by atoms with van der Waals surface area (Å²) in [4.78, 5) is 38.3. The standard InChI is InChI=1S/C19H18ClN3O5/c1-27-14-6-11(7-15(9-14)28-2)18(25)22-21-16-10-17(24)23(19(16)26)13-5-3-4-12(20)8-13/h3-9,16,21H,10H2,1-2H3,(H,22,25). The van der Waals surface area contributed by atoms with E-state index >= 15 is 0 Å². The molecule has 1 saturated heterocycles. The Balaban J connectivity index is 1.69. The van der Waals surface area contributed by atoms with Crippen molar-refractivity contribution in [3.05, 3.63) is 53.1 Å². The van der Waals surface area contributed by atoms with Crippen molar-refractivity contribution in [2.24, 2.45) is 0 Å². The van der Waals surface area contributed by atoms with Crippen LogP contribution in [0.3, 0.4) is 0 Å². The summed E-state index contributed by atoms with van der Waals surface area (Å²) in [5, 5.41) is 0.412. The summed E-state index contributed by atoms with van der Waals surface area (Å²) in [6, 6.07) is 10.2. The largest absolute Gasteiger partial charge is 0.497 e. The molecule has 3 amide bonds. The van der Waals surface area contributed by atoms with Gasteiger partial charge >= 0.3 is 0 Å². The Labute approximate surface area is 166 Å². The van der Waals surface area contributed by atoms with E-state index in [1.54, 1.807) is 24.3 Å². The number of halogens is 1. The number of methoxy groups -OCH3 is 2. The lowest BCUT2D eigenvalue weighted by Gasteiger charge is -2.16. The van der Waals surface area contributed by atoms with Gasteiger partial charge in [0.05, 0.1) is 26.3 Å². The summed E-state index contributed by atoms with van der Waals surface area (Å²) >= 11 is 5.93. The third kappa shape index (κ3) is 4.08. The van der Waals surface area contributed by atoms with Crippen molar-refractivity contribution in [3.63, 3.8) is 0 Å². The van der Waals surface area contributed by atoms with Crippen LogP contribution in [0.4, 0.5) is 5.69 Å². The maximum Gasteiger partial charge on any atom is 0.265 e. The van der Waals surface area contributed by atoms with Gasteiger partial charge in [-0.1, -0.05) is 17.7 Å². The molecule has 0 saturated carbocycles. The maximum atomic E-state index is 12.6. The molecule has 0 aliphatic carbocycles. The fourth-order valence-electron chi connectivity index (χ4n) is 2.79. The maximum absolute atomic E-state index is 12.6. The van der Waals surface area contributed by atoms with Crippen LogP contribution < -0.4 is 25.2 Å². The van der Waals surface area contributed by atoms with Crippen LogP contribution in [0.1, 0.15) is 16.8 Å². The van der Waals surface area contributed by atoms with Gasteiger partial charge in [0.15, 0.2) is 0 Å². The topological polar surface area (TPSA) is 97.0 Å². The third-order valence-corrected chi connectivity index (χ3v) is 4.42. The number of imide groups is 1. The van der Waals surface area contributed by atoms with Gasteiger partial charge in [-0.15, -0.1) is 0 Å². The second kappa shape index (κ2) is 8.28. The molecule has 2 aromatic rings. The Bertz CT molecular complexity index is 911. The minimum absolute atomic E-state index is 0.0902. The van der Waals surface area contributed by atoms with E-state index in [0.717, 1.165) is 4.90 Å². The Morgan fingerprint density at radius 2 is 1.79 bits per heavy atom. The van der Waals surface area contributed by atoms with Gasteiger partial charge in [-0.3, -0.25) is 19.8 Å². The molecule has 8 nitrogen and oxygen atoms in total. The fraction of sp³-hybridized carbons (Fsp3) is 0.211. The van der Waals surface area contributed by atoms with E-state index in [1.807, 2.05) is 0 Å². The average molecular weight is 404 g/mol. The number of hydrogen-bond acceptors (Lipinski definition) is 6. The van der Waals surface area contributed by atoms with Gasteiger partial charge in [-0.05, 0) is 30.3 Å². The molecule has 1 unspecified atom stereocenters. The number of ether oxygens (including phenoxy) is 2. The van der Waals surface area contributed by atoms with Crippen molar-refractivity contribution < 1.29 is 23.9 Å². The molecule has 1 heterocycles. The number of hydrazine groups is 1. The number of rotatable bonds is 6. The van der Waals surface area contributed by atoms with E-state index in [0.29, 0.717) is 22.2 Å². The molecule has 2 N–H and O–H groups in total. The van der Waals surface area contributed by atoms with Crippen LogP contribution in [-0.4, -0.2) is 38.0 Å². The summed E-state index contributed by atoms with van der Waals surface area (Å²) in [5.41, 5.74) is 5.73. The number of benzene rings is 2. The van der Waals surface area contributed by atoms with Crippen molar-refractivity contribution in [1.82, 2.24) is 10.9 Å². The van der Waals surface area contributed by atoms with Crippen LogP contribution >= 0.6 is 11.6 Å². The molecule has 9 heteroatoms. The number of nitrogens with one attached hydrogen (secondary N) is 2. The lowest BCUT2D eigenvalue weighted by Crippen LogP contribution is -2.48. The first-order valence-electron chi connectivity index (χ1n) is 8.34. The second-order valence-corrected chi connectivity index (χ2v) is 6.44. The SMILES string of the molecule is COc1cc(OC)cc(C(=O)NNC2CC(=O)N(c3cccc(Cl)c3)C2=O)c1. The smallest absolute Gasteiger partial charge is 0.265 e. The summed E-state index contributed by atoms with van der Waals surface area (Å²) in [6.07, 6.45) is -0.0902. The number of amides is 3. The second-order valence-electron chi connectivity index (χ2n) is 6.00.